The van der Waals surface area contributed by atoms with Crippen LogP contribution in [0.1, 0.15) is 56.3 Å². The number of guanidine groups is 1. The Bertz CT molecular complexity index is 895. The molecule has 0 atom stereocenters. The molecular weight excluding hydrogens is 354 g/mol. The standard InChI is InChI=1S/C20H29N7O/c1-4-15(5-2)17-13-16(28-26-17)14-23-20(21-3)22-11-8-10-19-25-24-18-9-6-7-12-27(18)19/h6-7,9,12-13,15H,4-5,8,10-11,14H2,1-3H3,(H2,21,22,23). The Morgan fingerprint density at radius 1 is 1.21 bits per heavy atom. The van der Waals surface area contributed by atoms with Crippen LogP contribution < -0.4 is 10.6 Å². The monoisotopic (exact) mass is 383 g/mol. The van der Waals surface area contributed by atoms with Crippen LogP contribution in [0.25, 0.3) is 5.65 Å². The van der Waals surface area contributed by atoms with E-state index in [9.17, 15) is 0 Å². The molecule has 0 aliphatic carbocycles. The van der Waals surface area contributed by atoms with E-state index in [0.29, 0.717) is 12.5 Å². The lowest BCUT2D eigenvalue weighted by Crippen LogP contribution is -2.37. The van der Waals surface area contributed by atoms with Crippen LogP contribution in [0, 0.1) is 0 Å². The van der Waals surface area contributed by atoms with Gasteiger partial charge in [0, 0.05) is 38.2 Å². The Balaban J connectivity index is 1.42. The summed E-state index contributed by atoms with van der Waals surface area (Å²) in [6.07, 6.45) is 5.90. The molecule has 0 amide bonds. The van der Waals surface area contributed by atoms with Gasteiger partial charge < -0.3 is 15.2 Å². The van der Waals surface area contributed by atoms with Crippen molar-refractivity contribution in [2.75, 3.05) is 13.6 Å². The Morgan fingerprint density at radius 2 is 2.07 bits per heavy atom. The second kappa shape index (κ2) is 9.87. The van der Waals surface area contributed by atoms with Crippen LogP contribution in [-0.2, 0) is 13.0 Å². The molecule has 0 fully saturated rings. The SMILES string of the molecule is CCC(CC)c1cc(CNC(=NC)NCCCc2nnc3ccccn23)on1. The zero-order valence-corrected chi connectivity index (χ0v) is 16.9. The van der Waals surface area contributed by atoms with Gasteiger partial charge in [0.05, 0.1) is 12.2 Å². The van der Waals surface area contributed by atoms with Gasteiger partial charge in [0.15, 0.2) is 17.4 Å². The minimum atomic E-state index is 0.461. The van der Waals surface area contributed by atoms with Crippen molar-refractivity contribution in [1.29, 1.82) is 0 Å². The highest BCUT2D eigenvalue weighted by Gasteiger charge is 2.13. The van der Waals surface area contributed by atoms with Gasteiger partial charge in [-0.3, -0.25) is 9.39 Å². The molecule has 0 radical (unpaired) electrons. The van der Waals surface area contributed by atoms with Gasteiger partial charge >= 0.3 is 0 Å². The van der Waals surface area contributed by atoms with Crippen LogP contribution in [0.2, 0.25) is 0 Å². The smallest absolute Gasteiger partial charge is 0.191 e. The molecule has 0 saturated carbocycles. The van der Waals surface area contributed by atoms with Crippen molar-refractivity contribution in [3.8, 4) is 0 Å². The van der Waals surface area contributed by atoms with Gasteiger partial charge in [0.25, 0.3) is 0 Å². The summed E-state index contributed by atoms with van der Waals surface area (Å²) in [5.41, 5.74) is 1.91. The number of hydrogen-bond acceptors (Lipinski definition) is 5. The van der Waals surface area contributed by atoms with Crippen molar-refractivity contribution in [1.82, 2.24) is 30.4 Å². The van der Waals surface area contributed by atoms with Crippen LogP contribution in [0.5, 0.6) is 0 Å². The van der Waals surface area contributed by atoms with Crippen molar-refractivity contribution in [2.24, 2.45) is 4.99 Å². The van der Waals surface area contributed by atoms with E-state index in [1.54, 1.807) is 7.05 Å². The summed E-state index contributed by atoms with van der Waals surface area (Å²) in [5, 5.41) is 19.2. The third-order valence-electron chi connectivity index (χ3n) is 4.89. The summed E-state index contributed by atoms with van der Waals surface area (Å²) >= 11 is 0. The largest absolute Gasteiger partial charge is 0.359 e. The van der Waals surface area contributed by atoms with E-state index in [0.717, 1.165) is 61.1 Å². The molecule has 3 aromatic heterocycles. The number of aliphatic imine (C=N–C) groups is 1. The minimum absolute atomic E-state index is 0.461. The lowest BCUT2D eigenvalue weighted by Gasteiger charge is -2.10. The summed E-state index contributed by atoms with van der Waals surface area (Å²) in [6, 6.07) is 7.95. The molecule has 0 aliphatic rings. The molecule has 3 aromatic rings. The van der Waals surface area contributed by atoms with E-state index in [1.807, 2.05) is 34.9 Å². The number of nitrogens with zero attached hydrogens (tertiary/aromatic N) is 5. The first-order chi connectivity index (χ1) is 13.7. The summed E-state index contributed by atoms with van der Waals surface area (Å²) in [6.45, 7) is 5.70. The lowest BCUT2D eigenvalue weighted by atomic mass is 9.99. The summed E-state index contributed by atoms with van der Waals surface area (Å²) < 4.78 is 7.47. The number of pyridine rings is 1. The third-order valence-corrected chi connectivity index (χ3v) is 4.89. The van der Waals surface area contributed by atoms with Crippen molar-refractivity contribution in [3.63, 3.8) is 0 Å². The Kier molecular flexibility index (Phi) is 7.00. The third kappa shape index (κ3) is 4.88. The van der Waals surface area contributed by atoms with Crippen LogP contribution in [0.15, 0.2) is 40.0 Å². The maximum absolute atomic E-state index is 5.45. The fraction of sp³-hybridized carbons (Fsp3) is 0.500. The number of aromatic nitrogens is 4. The first-order valence-corrected chi connectivity index (χ1v) is 9.93. The van der Waals surface area contributed by atoms with Crippen LogP contribution >= 0.6 is 0 Å². The quantitative estimate of drug-likeness (QED) is 0.335. The van der Waals surface area contributed by atoms with Crippen molar-refractivity contribution in [2.45, 2.75) is 52.0 Å². The molecule has 0 bridgehead atoms. The van der Waals surface area contributed by atoms with Crippen LogP contribution in [0.3, 0.4) is 0 Å². The summed E-state index contributed by atoms with van der Waals surface area (Å²) in [5.74, 6) is 2.99. The first kappa shape index (κ1) is 19.9. The first-order valence-electron chi connectivity index (χ1n) is 9.93. The number of hydrogen-bond donors (Lipinski definition) is 2. The Morgan fingerprint density at radius 3 is 2.86 bits per heavy atom. The average Bonchev–Trinajstić information content (AvgIpc) is 3.36. The summed E-state index contributed by atoms with van der Waals surface area (Å²) in [4.78, 5) is 4.26. The van der Waals surface area contributed by atoms with Gasteiger partial charge in [-0.05, 0) is 31.4 Å². The number of nitrogens with one attached hydrogen (secondary N) is 2. The molecule has 0 saturated heterocycles. The average molecular weight is 384 g/mol. The van der Waals surface area contributed by atoms with Crippen molar-refractivity contribution >= 4 is 11.6 Å². The van der Waals surface area contributed by atoms with Gasteiger partial charge in [-0.2, -0.15) is 0 Å². The summed E-state index contributed by atoms with van der Waals surface area (Å²) in [7, 11) is 1.76. The minimum Gasteiger partial charge on any atom is -0.359 e. The number of fused-ring (bicyclic) bond motifs is 1. The zero-order chi connectivity index (χ0) is 19.8. The predicted molar refractivity (Wildman–Crippen MR) is 109 cm³/mol. The van der Waals surface area contributed by atoms with E-state index in [1.165, 1.54) is 0 Å². The number of rotatable bonds is 9. The molecule has 0 unspecified atom stereocenters. The molecule has 0 spiro atoms. The van der Waals surface area contributed by atoms with Gasteiger partial charge in [-0.15, -0.1) is 10.2 Å². The molecule has 0 aliphatic heterocycles. The molecule has 3 rings (SSSR count). The van der Waals surface area contributed by atoms with E-state index < -0.39 is 0 Å². The number of aryl methyl sites for hydroxylation is 1. The molecule has 150 valence electrons. The second-order valence-electron chi connectivity index (χ2n) is 6.73. The Hall–Kier alpha value is -2.90. The lowest BCUT2D eigenvalue weighted by molar-refractivity contribution is 0.368. The van der Waals surface area contributed by atoms with Gasteiger partial charge in [0.2, 0.25) is 0 Å². The molecule has 0 aromatic carbocycles. The second-order valence-corrected chi connectivity index (χ2v) is 6.73. The highest BCUT2D eigenvalue weighted by molar-refractivity contribution is 5.79. The predicted octanol–water partition coefficient (Wildman–Crippen LogP) is 2.92. The topological polar surface area (TPSA) is 92.6 Å². The zero-order valence-electron chi connectivity index (χ0n) is 16.9. The van der Waals surface area contributed by atoms with E-state index >= 15 is 0 Å². The molecular formula is C20H29N7O. The Labute approximate surface area is 165 Å². The molecule has 2 N–H and O–H groups in total. The highest BCUT2D eigenvalue weighted by atomic mass is 16.5. The normalized spacial score (nSPS) is 12.1. The maximum atomic E-state index is 5.45. The highest BCUT2D eigenvalue weighted by Crippen LogP contribution is 2.22. The fourth-order valence-corrected chi connectivity index (χ4v) is 3.22. The van der Waals surface area contributed by atoms with E-state index in [-0.39, 0.29) is 0 Å². The fourth-order valence-electron chi connectivity index (χ4n) is 3.22. The maximum Gasteiger partial charge on any atom is 0.191 e. The van der Waals surface area contributed by atoms with E-state index in [2.05, 4.69) is 44.8 Å². The molecule has 8 nitrogen and oxygen atoms in total. The van der Waals surface area contributed by atoms with Crippen LogP contribution in [-0.4, -0.2) is 39.3 Å². The van der Waals surface area contributed by atoms with Crippen molar-refractivity contribution in [3.05, 3.63) is 47.7 Å². The molecule has 8 heteroatoms. The molecule has 3 heterocycles. The van der Waals surface area contributed by atoms with Crippen molar-refractivity contribution < 1.29 is 4.52 Å². The van der Waals surface area contributed by atoms with Crippen LogP contribution in [0.4, 0.5) is 0 Å². The molecule has 28 heavy (non-hydrogen) atoms. The van der Waals surface area contributed by atoms with Gasteiger partial charge in [0.1, 0.15) is 5.82 Å². The van der Waals surface area contributed by atoms with Gasteiger partial charge in [-0.25, -0.2) is 0 Å². The van der Waals surface area contributed by atoms with Gasteiger partial charge in [-0.1, -0.05) is 25.1 Å². The van der Waals surface area contributed by atoms with E-state index in [4.69, 9.17) is 4.52 Å².